The molecule has 4 aliphatic rings. The number of aliphatic hydroxyl groups is 1. The molecule has 0 radical (unpaired) electrons. The van der Waals surface area contributed by atoms with Gasteiger partial charge in [-0.25, -0.2) is 4.79 Å². The van der Waals surface area contributed by atoms with Crippen LogP contribution < -0.4 is 0 Å². The van der Waals surface area contributed by atoms with Gasteiger partial charge in [0.05, 0.1) is 17.2 Å². The molecular formula is C21H29NO4. The van der Waals surface area contributed by atoms with Gasteiger partial charge in [-0.3, -0.25) is 0 Å². The number of cyclic esters (lactones) is 1. The summed E-state index contributed by atoms with van der Waals surface area (Å²) in [5.74, 6) is 0.346. The number of allylic oxidation sites excluding steroid dienone is 2. The van der Waals surface area contributed by atoms with Gasteiger partial charge in [0.15, 0.2) is 0 Å². The van der Waals surface area contributed by atoms with Crippen LogP contribution in [0.5, 0.6) is 0 Å². The molecule has 0 amide bonds. The van der Waals surface area contributed by atoms with Crippen LogP contribution in [0.1, 0.15) is 52.9 Å². The average molecular weight is 359 g/mol. The molecule has 0 bridgehead atoms. The maximum absolute atomic E-state index is 11.8. The molecule has 0 spiro atoms. The van der Waals surface area contributed by atoms with E-state index in [0.717, 1.165) is 32.1 Å². The van der Waals surface area contributed by atoms with Gasteiger partial charge in [0.1, 0.15) is 18.3 Å². The van der Waals surface area contributed by atoms with Crippen LogP contribution in [0.2, 0.25) is 0 Å². The Bertz CT molecular complexity index is 713. The van der Waals surface area contributed by atoms with E-state index >= 15 is 0 Å². The van der Waals surface area contributed by atoms with Crippen molar-refractivity contribution in [1.29, 1.82) is 0 Å². The van der Waals surface area contributed by atoms with Gasteiger partial charge in [0, 0.05) is 0 Å². The first-order valence-corrected chi connectivity index (χ1v) is 9.67. The van der Waals surface area contributed by atoms with E-state index in [-0.39, 0.29) is 34.9 Å². The summed E-state index contributed by atoms with van der Waals surface area (Å²) < 4.78 is 4.95. The lowest BCUT2D eigenvalue weighted by Gasteiger charge is -2.60. The lowest BCUT2D eigenvalue weighted by atomic mass is 9.43. The molecule has 26 heavy (non-hydrogen) atoms. The predicted octanol–water partition coefficient (Wildman–Crippen LogP) is 3.38. The quantitative estimate of drug-likeness (QED) is 0.466. The molecule has 1 saturated heterocycles. The third kappa shape index (κ3) is 2.25. The molecule has 0 aromatic rings. The highest BCUT2D eigenvalue weighted by Crippen LogP contribution is 2.65. The Morgan fingerprint density at radius 2 is 2.15 bits per heavy atom. The van der Waals surface area contributed by atoms with Crippen LogP contribution in [-0.4, -0.2) is 35.6 Å². The number of carbonyl (C=O) groups is 1. The van der Waals surface area contributed by atoms with Gasteiger partial charge >= 0.3 is 5.97 Å². The smallest absolute Gasteiger partial charge is 0.336 e. The molecule has 1 unspecified atom stereocenters. The standard InChI is InChI=1S/C21H29NO4/c1-13-5-8-17-19(2,9-10-21(4)20(17,3)12-22-26-21)15(13)7-6-14-16(23)11-25-18(14)24/h6,12,15-17,23H,1,5,7-11H2,2-4H3/t15-,16?,17+,19+,20+,21-/m1/s1. The second kappa shape index (κ2) is 5.69. The van der Waals surface area contributed by atoms with Crippen molar-refractivity contribution in [3.8, 4) is 0 Å². The van der Waals surface area contributed by atoms with Crippen molar-refractivity contribution in [2.75, 3.05) is 6.61 Å². The van der Waals surface area contributed by atoms with Crippen LogP contribution in [-0.2, 0) is 14.4 Å². The molecular weight excluding hydrogens is 330 g/mol. The second-order valence-corrected chi connectivity index (χ2v) is 9.16. The Morgan fingerprint density at radius 1 is 1.38 bits per heavy atom. The number of hydrogen-bond donors (Lipinski definition) is 1. The first-order valence-electron chi connectivity index (χ1n) is 9.67. The van der Waals surface area contributed by atoms with Crippen molar-refractivity contribution >= 4 is 12.2 Å². The first-order chi connectivity index (χ1) is 12.2. The van der Waals surface area contributed by atoms with Gasteiger partial charge in [0.2, 0.25) is 0 Å². The molecule has 6 atom stereocenters. The van der Waals surface area contributed by atoms with Crippen molar-refractivity contribution in [2.24, 2.45) is 27.8 Å². The minimum atomic E-state index is -0.800. The van der Waals surface area contributed by atoms with E-state index in [1.165, 1.54) is 5.57 Å². The van der Waals surface area contributed by atoms with Crippen molar-refractivity contribution < 1.29 is 19.5 Å². The molecule has 2 aliphatic carbocycles. The topological polar surface area (TPSA) is 68.1 Å². The molecule has 0 aromatic carbocycles. The Balaban J connectivity index is 1.65. The summed E-state index contributed by atoms with van der Waals surface area (Å²) in [5.41, 5.74) is 1.42. The van der Waals surface area contributed by atoms with Gasteiger partial charge in [-0.05, 0) is 56.3 Å². The summed E-state index contributed by atoms with van der Waals surface area (Å²) in [6, 6.07) is 0. The molecule has 2 aliphatic heterocycles. The summed E-state index contributed by atoms with van der Waals surface area (Å²) >= 11 is 0. The number of rotatable bonds is 2. The molecule has 0 aromatic heterocycles. The average Bonchev–Trinajstić information content (AvgIpc) is 3.07. The zero-order valence-electron chi connectivity index (χ0n) is 16.0. The lowest BCUT2D eigenvalue weighted by Crippen LogP contribution is -2.60. The normalized spacial score (nSPS) is 48.9. The van der Waals surface area contributed by atoms with Crippen molar-refractivity contribution in [1.82, 2.24) is 0 Å². The third-order valence-electron chi connectivity index (χ3n) is 7.96. The maximum Gasteiger partial charge on any atom is 0.336 e. The summed E-state index contributed by atoms with van der Waals surface area (Å²) in [7, 11) is 0. The first kappa shape index (κ1) is 17.8. The monoisotopic (exact) mass is 359 g/mol. The number of nitrogens with zero attached hydrogens (tertiary/aromatic N) is 1. The van der Waals surface area contributed by atoms with Crippen molar-refractivity contribution in [3.63, 3.8) is 0 Å². The molecule has 5 heteroatoms. The fraction of sp³-hybridized carbons (Fsp3) is 0.714. The largest absolute Gasteiger partial charge is 0.459 e. The summed E-state index contributed by atoms with van der Waals surface area (Å²) in [6.45, 7) is 11.3. The van der Waals surface area contributed by atoms with Crippen molar-refractivity contribution in [2.45, 2.75) is 64.6 Å². The minimum Gasteiger partial charge on any atom is -0.459 e. The van der Waals surface area contributed by atoms with E-state index in [0.29, 0.717) is 11.5 Å². The molecule has 5 nitrogen and oxygen atoms in total. The molecule has 142 valence electrons. The highest BCUT2D eigenvalue weighted by molar-refractivity contribution is 5.91. The SMILES string of the molecule is C=C1CC[C@H]2[C@@](C)(CC[C@@]3(C)ON=C[C@@]23C)[C@@H]1CC=C1C(=O)OCC1O. The van der Waals surface area contributed by atoms with Crippen LogP contribution >= 0.6 is 0 Å². The van der Waals surface area contributed by atoms with E-state index in [1.54, 1.807) is 0 Å². The fourth-order valence-corrected chi connectivity index (χ4v) is 6.01. The number of hydrogen-bond acceptors (Lipinski definition) is 5. The van der Waals surface area contributed by atoms with E-state index in [2.05, 4.69) is 32.5 Å². The number of esters is 1. The highest BCUT2D eigenvalue weighted by atomic mass is 16.7. The van der Waals surface area contributed by atoms with Crippen LogP contribution in [0.15, 0.2) is 29.0 Å². The van der Waals surface area contributed by atoms with Gasteiger partial charge in [0.25, 0.3) is 0 Å². The van der Waals surface area contributed by atoms with Crippen molar-refractivity contribution in [3.05, 3.63) is 23.8 Å². The Labute approximate surface area is 155 Å². The van der Waals surface area contributed by atoms with Gasteiger partial charge < -0.3 is 14.7 Å². The Kier molecular flexibility index (Phi) is 3.89. The Hall–Kier alpha value is -1.62. The second-order valence-electron chi connectivity index (χ2n) is 9.16. The molecule has 4 rings (SSSR count). The molecule has 2 heterocycles. The number of fused-ring (bicyclic) bond motifs is 3. The summed E-state index contributed by atoms with van der Waals surface area (Å²) in [4.78, 5) is 17.7. The minimum absolute atomic E-state index is 0.0698. The molecule has 2 saturated carbocycles. The van der Waals surface area contributed by atoms with Crippen LogP contribution in [0.4, 0.5) is 0 Å². The van der Waals surface area contributed by atoms with E-state index in [9.17, 15) is 9.90 Å². The van der Waals surface area contributed by atoms with E-state index in [1.807, 2.05) is 12.3 Å². The fourth-order valence-electron chi connectivity index (χ4n) is 6.01. The van der Waals surface area contributed by atoms with E-state index in [4.69, 9.17) is 9.57 Å². The van der Waals surface area contributed by atoms with Gasteiger partial charge in [-0.2, -0.15) is 0 Å². The number of ether oxygens (including phenoxy) is 1. The van der Waals surface area contributed by atoms with Crippen LogP contribution in [0, 0.1) is 22.7 Å². The number of oxime groups is 1. The number of aliphatic hydroxyl groups excluding tert-OH is 1. The maximum atomic E-state index is 11.8. The predicted molar refractivity (Wildman–Crippen MR) is 98.4 cm³/mol. The lowest BCUT2D eigenvalue weighted by molar-refractivity contribution is -0.162. The van der Waals surface area contributed by atoms with Crippen LogP contribution in [0.3, 0.4) is 0 Å². The highest BCUT2D eigenvalue weighted by Gasteiger charge is 2.64. The zero-order valence-corrected chi connectivity index (χ0v) is 16.0. The molecule has 1 N–H and O–H groups in total. The summed E-state index contributed by atoms with van der Waals surface area (Å²) in [5, 5.41) is 14.2. The van der Waals surface area contributed by atoms with Crippen LogP contribution in [0.25, 0.3) is 0 Å². The molecule has 3 fully saturated rings. The third-order valence-corrected chi connectivity index (χ3v) is 7.96. The summed E-state index contributed by atoms with van der Waals surface area (Å²) in [6.07, 6.45) is 7.92. The van der Waals surface area contributed by atoms with E-state index < -0.39 is 6.10 Å². The van der Waals surface area contributed by atoms with Gasteiger partial charge in [-0.1, -0.05) is 37.2 Å². The van der Waals surface area contributed by atoms with Gasteiger partial charge in [-0.15, -0.1) is 0 Å². The Morgan fingerprint density at radius 3 is 2.85 bits per heavy atom. The zero-order chi connectivity index (χ0) is 18.7. The number of carbonyl (C=O) groups excluding carboxylic acids is 1.